The highest BCUT2D eigenvalue weighted by Gasteiger charge is 2.18. The van der Waals surface area contributed by atoms with Crippen molar-refractivity contribution in [3.05, 3.63) is 47.8 Å². The van der Waals surface area contributed by atoms with E-state index in [0.29, 0.717) is 29.8 Å². The molecule has 23 heavy (non-hydrogen) atoms. The second-order valence-corrected chi connectivity index (χ2v) is 6.26. The number of fused-ring (bicyclic) bond motifs is 1. The Labute approximate surface area is 139 Å². The summed E-state index contributed by atoms with van der Waals surface area (Å²) in [7, 11) is 0. The molecule has 2 heterocycles. The van der Waals surface area contributed by atoms with E-state index in [1.165, 1.54) is 17.3 Å². The van der Waals surface area contributed by atoms with Crippen molar-refractivity contribution in [2.24, 2.45) is 5.92 Å². The lowest BCUT2D eigenvalue weighted by atomic mass is 9.97. The summed E-state index contributed by atoms with van der Waals surface area (Å²) in [4.78, 5) is 20.4. The second-order valence-electron chi connectivity index (χ2n) is 5.48. The molecule has 1 aromatic heterocycles. The molecule has 5 nitrogen and oxygen atoms in total. The average Bonchev–Trinajstić information content (AvgIpc) is 2.81. The molecule has 0 spiro atoms. The zero-order valence-electron chi connectivity index (χ0n) is 13.0. The molecule has 1 N–H and O–H groups in total. The Morgan fingerprint density at radius 3 is 2.91 bits per heavy atom. The van der Waals surface area contributed by atoms with E-state index in [1.54, 1.807) is 12.4 Å². The smallest absolute Gasteiger partial charge is 0.254 e. The third-order valence-electron chi connectivity index (χ3n) is 3.89. The van der Waals surface area contributed by atoms with Gasteiger partial charge in [-0.1, -0.05) is 30.0 Å². The Bertz CT molecular complexity index is 676. The van der Waals surface area contributed by atoms with Gasteiger partial charge in [-0.25, -0.2) is 9.97 Å². The van der Waals surface area contributed by atoms with E-state index in [2.05, 4.69) is 21.4 Å². The molecule has 0 aliphatic carbocycles. The number of para-hydroxylation sites is 1. The summed E-state index contributed by atoms with van der Waals surface area (Å²) < 4.78 is 5.76. The lowest BCUT2D eigenvalue weighted by Gasteiger charge is -2.14. The molecule has 3 rings (SSSR count). The largest absolute Gasteiger partial charge is 0.493 e. The normalized spacial score (nSPS) is 16.8. The SMILES string of the molecule is CSc1ncc(C(=O)NC[C@@H]2CCOc3ccccc3C2)cn1. The van der Waals surface area contributed by atoms with Gasteiger partial charge in [0.1, 0.15) is 5.75 Å². The number of carbonyl (C=O) groups excluding carboxylic acids is 1. The van der Waals surface area contributed by atoms with Gasteiger partial charge in [0.2, 0.25) is 0 Å². The van der Waals surface area contributed by atoms with Crippen molar-refractivity contribution in [2.45, 2.75) is 18.0 Å². The third-order valence-corrected chi connectivity index (χ3v) is 4.47. The van der Waals surface area contributed by atoms with Crippen molar-refractivity contribution in [1.29, 1.82) is 0 Å². The number of carbonyl (C=O) groups is 1. The Kier molecular flexibility index (Phi) is 5.12. The van der Waals surface area contributed by atoms with Crippen LogP contribution < -0.4 is 10.1 Å². The molecule has 120 valence electrons. The quantitative estimate of drug-likeness (QED) is 0.690. The van der Waals surface area contributed by atoms with Crippen molar-refractivity contribution in [2.75, 3.05) is 19.4 Å². The van der Waals surface area contributed by atoms with Crippen LogP contribution >= 0.6 is 11.8 Å². The second kappa shape index (κ2) is 7.46. The van der Waals surface area contributed by atoms with E-state index >= 15 is 0 Å². The Hall–Kier alpha value is -2.08. The summed E-state index contributed by atoms with van der Waals surface area (Å²) >= 11 is 1.45. The molecule has 1 aromatic carbocycles. The van der Waals surface area contributed by atoms with Gasteiger partial charge in [-0.05, 0) is 36.6 Å². The number of aromatic nitrogens is 2. The Morgan fingerprint density at radius 1 is 1.35 bits per heavy atom. The number of thioether (sulfide) groups is 1. The van der Waals surface area contributed by atoms with Gasteiger partial charge in [0, 0.05) is 18.9 Å². The number of amides is 1. The van der Waals surface area contributed by atoms with E-state index in [0.717, 1.165) is 18.6 Å². The Balaban J connectivity index is 1.58. The molecule has 2 aromatic rings. The summed E-state index contributed by atoms with van der Waals surface area (Å²) in [6.45, 7) is 1.31. The number of nitrogens with one attached hydrogen (secondary N) is 1. The molecule has 1 atom stereocenters. The van der Waals surface area contributed by atoms with Crippen LogP contribution in [-0.2, 0) is 6.42 Å². The molecule has 0 unspecified atom stereocenters. The van der Waals surface area contributed by atoms with Crippen LogP contribution in [0.3, 0.4) is 0 Å². The predicted molar refractivity (Wildman–Crippen MR) is 89.9 cm³/mol. The molecule has 0 bridgehead atoms. The molecule has 0 saturated carbocycles. The fourth-order valence-corrected chi connectivity index (χ4v) is 2.93. The minimum Gasteiger partial charge on any atom is -0.493 e. The first-order chi connectivity index (χ1) is 11.3. The first-order valence-corrected chi connectivity index (χ1v) is 8.83. The van der Waals surface area contributed by atoms with Crippen molar-refractivity contribution in [3.8, 4) is 5.75 Å². The van der Waals surface area contributed by atoms with Gasteiger partial charge in [0.25, 0.3) is 5.91 Å². The zero-order chi connectivity index (χ0) is 16.1. The fraction of sp³-hybridized carbons (Fsp3) is 0.353. The summed E-state index contributed by atoms with van der Waals surface area (Å²) in [6.07, 6.45) is 6.88. The highest BCUT2D eigenvalue weighted by Crippen LogP contribution is 2.26. The van der Waals surface area contributed by atoms with E-state index in [4.69, 9.17) is 4.74 Å². The van der Waals surface area contributed by atoms with Crippen molar-refractivity contribution >= 4 is 17.7 Å². The minimum absolute atomic E-state index is 0.129. The van der Waals surface area contributed by atoms with Crippen LogP contribution in [0.25, 0.3) is 0 Å². The topological polar surface area (TPSA) is 64.1 Å². The van der Waals surface area contributed by atoms with Crippen LogP contribution in [0.15, 0.2) is 41.8 Å². The third kappa shape index (κ3) is 4.01. The summed E-state index contributed by atoms with van der Waals surface area (Å²) in [5, 5.41) is 3.65. The molecule has 0 radical (unpaired) electrons. The standard InChI is InChI=1S/C17H19N3O2S/c1-23-17-19-10-14(11-20-17)16(21)18-9-12-6-7-22-15-5-3-2-4-13(15)8-12/h2-5,10-12H,6-9H2,1H3,(H,18,21)/t12-/m1/s1. The van der Waals surface area contributed by atoms with Crippen LogP contribution in [0.1, 0.15) is 22.3 Å². The molecule has 0 saturated heterocycles. The number of ether oxygens (including phenoxy) is 1. The predicted octanol–water partition coefficient (Wildman–Crippen LogP) is 2.57. The van der Waals surface area contributed by atoms with Crippen LogP contribution in [-0.4, -0.2) is 35.3 Å². The van der Waals surface area contributed by atoms with Crippen molar-refractivity contribution in [1.82, 2.24) is 15.3 Å². The maximum absolute atomic E-state index is 12.2. The average molecular weight is 329 g/mol. The summed E-state index contributed by atoms with van der Waals surface area (Å²) in [6, 6.07) is 8.10. The van der Waals surface area contributed by atoms with Crippen molar-refractivity contribution < 1.29 is 9.53 Å². The lowest BCUT2D eigenvalue weighted by molar-refractivity contribution is 0.0944. The van der Waals surface area contributed by atoms with Crippen LogP contribution in [0.2, 0.25) is 0 Å². The maximum atomic E-state index is 12.2. The number of hydrogen-bond donors (Lipinski definition) is 1. The van der Waals surface area contributed by atoms with Crippen LogP contribution in [0, 0.1) is 5.92 Å². The van der Waals surface area contributed by atoms with Gasteiger partial charge in [-0.15, -0.1) is 0 Å². The number of hydrogen-bond acceptors (Lipinski definition) is 5. The van der Waals surface area contributed by atoms with Gasteiger partial charge < -0.3 is 10.1 Å². The molecule has 1 aliphatic heterocycles. The van der Waals surface area contributed by atoms with Gasteiger partial charge >= 0.3 is 0 Å². The zero-order valence-corrected chi connectivity index (χ0v) is 13.8. The van der Waals surface area contributed by atoms with Crippen LogP contribution in [0.4, 0.5) is 0 Å². The molecule has 6 heteroatoms. The molecule has 1 aliphatic rings. The van der Waals surface area contributed by atoms with Crippen molar-refractivity contribution in [3.63, 3.8) is 0 Å². The molecular weight excluding hydrogens is 310 g/mol. The minimum atomic E-state index is -0.129. The monoisotopic (exact) mass is 329 g/mol. The first-order valence-electron chi connectivity index (χ1n) is 7.61. The number of benzene rings is 1. The molecule has 1 amide bonds. The highest BCUT2D eigenvalue weighted by molar-refractivity contribution is 7.98. The van der Waals surface area contributed by atoms with Gasteiger partial charge in [-0.3, -0.25) is 4.79 Å². The maximum Gasteiger partial charge on any atom is 0.254 e. The fourth-order valence-electron chi connectivity index (χ4n) is 2.61. The lowest BCUT2D eigenvalue weighted by Crippen LogP contribution is -2.30. The van der Waals surface area contributed by atoms with E-state index in [-0.39, 0.29) is 5.91 Å². The number of rotatable bonds is 4. The van der Waals surface area contributed by atoms with Crippen LogP contribution in [0.5, 0.6) is 5.75 Å². The van der Waals surface area contributed by atoms with E-state index in [1.807, 2.05) is 24.5 Å². The van der Waals surface area contributed by atoms with Gasteiger partial charge in [-0.2, -0.15) is 0 Å². The summed E-state index contributed by atoms with van der Waals surface area (Å²) in [5.41, 5.74) is 1.70. The van der Waals surface area contributed by atoms with E-state index in [9.17, 15) is 4.79 Å². The van der Waals surface area contributed by atoms with Gasteiger partial charge in [0.15, 0.2) is 5.16 Å². The molecule has 0 fully saturated rings. The number of nitrogens with zero attached hydrogens (tertiary/aromatic N) is 2. The Morgan fingerprint density at radius 2 is 2.13 bits per heavy atom. The van der Waals surface area contributed by atoms with Gasteiger partial charge in [0.05, 0.1) is 12.2 Å². The van der Waals surface area contributed by atoms with E-state index < -0.39 is 0 Å². The first kappa shape index (κ1) is 15.8. The summed E-state index contributed by atoms with van der Waals surface area (Å²) in [5.74, 6) is 1.20. The highest BCUT2D eigenvalue weighted by atomic mass is 32.2. The molecular formula is C17H19N3O2S.